The van der Waals surface area contributed by atoms with Crippen LogP contribution in [0.1, 0.15) is 5.56 Å². The fraction of sp³-hybridized carbons (Fsp3) is 0.143. The highest BCUT2D eigenvalue weighted by molar-refractivity contribution is 9.25. The van der Waals surface area contributed by atoms with Crippen LogP contribution < -0.4 is 2.95 Å². The van der Waals surface area contributed by atoms with Crippen molar-refractivity contribution in [1.82, 2.24) is 0 Å². The van der Waals surface area contributed by atoms with E-state index in [4.69, 9.17) is 0 Å². The molecule has 0 atom stereocenters. The number of hydrogen-bond acceptors (Lipinski definition) is 1. The standard InChI is InChI=1S/C7H6Br3N/c8-5-6-3-1-2-4-7(6)11(9)10/h1-4H,5H2. The Hall–Kier alpha value is 0.460. The van der Waals surface area contributed by atoms with E-state index in [1.165, 1.54) is 5.56 Å². The zero-order valence-electron chi connectivity index (χ0n) is 5.60. The van der Waals surface area contributed by atoms with Crippen LogP contribution in [0.2, 0.25) is 0 Å². The van der Waals surface area contributed by atoms with Crippen LogP contribution in [0.15, 0.2) is 24.3 Å². The fourth-order valence-electron chi connectivity index (χ4n) is 0.789. The second-order valence-corrected chi connectivity index (χ2v) is 4.93. The molecule has 0 spiro atoms. The summed E-state index contributed by atoms with van der Waals surface area (Å²) in [5.74, 6) is 0. The predicted octanol–water partition coefficient (Wildman–Crippen LogP) is 4.01. The van der Waals surface area contributed by atoms with Crippen molar-refractivity contribution in [1.29, 1.82) is 0 Å². The van der Waals surface area contributed by atoms with Gasteiger partial charge in [-0.15, -0.1) is 0 Å². The highest BCUT2D eigenvalue weighted by Gasteiger charge is 2.02. The molecule has 60 valence electrons. The van der Waals surface area contributed by atoms with Crippen LogP contribution in [-0.4, -0.2) is 0 Å². The third kappa shape index (κ3) is 2.46. The quantitative estimate of drug-likeness (QED) is 0.579. The number of benzene rings is 1. The molecule has 0 radical (unpaired) electrons. The van der Waals surface area contributed by atoms with Gasteiger partial charge < -0.3 is 0 Å². The van der Waals surface area contributed by atoms with E-state index in [2.05, 4.69) is 54.3 Å². The minimum Gasteiger partial charge on any atom is -0.242 e. The van der Waals surface area contributed by atoms with Crippen LogP contribution in [0.5, 0.6) is 0 Å². The van der Waals surface area contributed by atoms with Crippen molar-refractivity contribution in [2.24, 2.45) is 0 Å². The van der Waals surface area contributed by atoms with E-state index in [1.54, 1.807) is 2.95 Å². The molecule has 0 amide bonds. The Balaban J connectivity index is 3.02. The van der Waals surface area contributed by atoms with Crippen molar-refractivity contribution in [3.8, 4) is 0 Å². The molecule has 0 N–H and O–H groups in total. The molecule has 0 fully saturated rings. The lowest BCUT2D eigenvalue weighted by atomic mass is 10.2. The number of nitrogens with zero attached hydrogens (tertiary/aromatic N) is 1. The summed E-state index contributed by atoms with van der Waals surface area (Å²) < 4.78 is 1.75. The SMILES string of the molecule is BrCc1ccccc1N(Br)Br. The van der Waals surface area contributed by atoms with Crippen molar-refractivity contribution in [3.63, 3.8) is 0 Å². The van der Waals surface area contributed by atoms with E-state index in [9.17, 15) is 0 Å². The maximum Gasteiger partial charge on any atom is 0.0635 e. The summed E-state index contributed by atoms with van der Waals surface area (Å²) in [5.41, 5.74) is 2.35. The molecule has 11 heavy (non-hydrogen) atoms. The van der Waals surface area contributed by atoms with Crippen molar-refractivity contribution >= 4 is 53.9 Å². The van der Waals surface area contributed by atoms with Crippen LogP contribution in [0.25, 0.3) is 0 Å². The minimum atomic E-state index is 0.858. The van der Waals surface area contributed by atoms with Crippen LogP contribution in [0, 0.1) is 0 Å². The summed E-state index contributed by atoms with van der Waals surface area (Å²) in [4.78, 5) is 0. The van der Waals surface area contributed by atoms with Gasteiger partial charge in [0.05, 0.1) is 38.0 Å². The number of hydrogen-bond donors (Lipinski definition) is 0. The Morgan fingerprint density at radius 1 is 1.18 bits per heavy atom. The molecule has 0 aliphatic heterocycles. The van der Waals surface area contributed by atoms with Crippen LogP contribution >= 0.6 is 48.2 Å². The third-order valence-electron chi connectivity index (χ3n) is 1.32. The van der Waals surface area contributed by atoms with Gasteiger partial charge in [0.2, 0.25) is 0 Å². The van der Waals surface area contributed by atoms with Crippen molar-refractivity contribution in [3.05, 3.63) is 29.8 Å². The molecular formula is C7H6Br3N. The van der Waals surface area contributed by atoms with Gasteiger partial charge in [0.1, 0.15) is 0 Å². The van der Waals surface area contributed by atoms with E-state index in [0.29, 0.717) is 0 Å². The Morgan fingerprint density at radius 3 is 2.27 bits per heavy atom. The summed E-state index contributed by atoms with van der Waals surface area (Å²) in [6, 6.07) is 8.11. The highest BCUT2D eigenvalue weighted by atomic mass is 79.9. The molecular weight excluding hydrogens is 338 g/mol. The minimum absolute atomic E-state index is 0.858. The average molecular weight is 344 g/mol. The van der Waals surface area contributed by atoms with Gasteiger partial charge in [-0.05, 0) is 11.6 Å². The largest absolute Gasteiger partial charge is 0.242 e. The maximum absolute atomic E-state index is 3.41. The van der Waals surface area contributed by atoms with Gasteiger partial charge in [0.25, 0.3) is 0 Å². The summed E-state index contributed by atoms with van der Waals surface area (Å²) in [6.07, 6.45) is 0. The smallest absolute Gasteiger partial charge is 0.0635 e. The number of anilines is 1. The van der Waals surface area contributed by atoms with Crippen LogP contribution in [-0.2, 0) is 5.33 Å². The van der Waals surface area contributed by atoms with Gasteiger partial charge in [-0.1, -0.05) is 34.1 Å². The van der Waals surface area contributed by atoms with E-state index < -0.39 is 0 Å². The summed E-state index contributed by atoms with van der Waals surface area (Å²) in [7, 11) is 0. The molecule has 0 aliphatic rings. The maximum atomic E-state index is 3.41. The molecule has 1 aromatic rings. The normalized spacial score (nSPS) is 9.73. The zero-order chi connectivity index (χ0) is 8.27. The molecule has 0 saturated carbocycles. The molecule has 0 saturated heterocycles. The lowest BCUT2D eigenvalue weighted by Crippen LogP contribution is -1.93. The van der Waals surface area contributed by atoms with Gasteiger partial charge in [0, 0.05) is 5.33 Å². The molecule has 4 heteroatoms. The molecule has 1 nitrogen and oxygen atoms in total. The molecule has 0 unspecified atom stereocenters. The van der Waals surface area contributed by atoms with Gasteiger partial charge in [-0.25, -0.2) is 2.95 Å². The Labute approximate surface area is 91.6 Å². The zero-order valence-corrected chi connectivity index (χ0v) is 10.4. The van der Waals surface area contributed by atoms with E-state index >= 15 is 0 Å². The van der Waals surface area contributed by atoms with Crippen molar-refractivity contribution < 1.29 is 0 Å². The first-order valence-electron chi connectivity index (χ1n) is 3.01. The molecule has 1 rings (SSSR count). The molecule has 0 aliphatic carbocycles. The number of halogens is 3. The molecule has 0 heterocycles. The lowest BCUT2D eigenvalue weighted by molar-refractivity contribution is 1.42. The van der Waals surface area contributed by atoms with Crippen LogP contribution in [0.4, 0.5) is 5.69 Å². The van der Waals surface area contributed by atoms with E-state index in [1.807, 2.05) is 18.2 Å². The topological polar surface area (TPSA) is 3.24 Å². The first kappa shape index (κ1) is 9.55. The lowest BCUT2D eigenvalue weighted by Gasteiger charge is -2.10. The van der Waals surface area contributed by atoms with Gasteiger partial charge >= 0.3 is 0 Å². The second-order valence-electron chi connectivity index (χ2n) is 2.00. The first-order chi connectivity index (χ1) is 5.25. The van der Waals surface area contributed by atoms with E-state index in [0.717, 1.165) is 11.0 Å². The number of rotatable bonds is 2. The summed E-state index contributed by atoms with van der Waals surface area (Å²) in [5, 5.41) is 0.858. The van der Waals surface area contributed by atoms with Crippen LogP contribution in [0.3, 0.4) is 0 Å². The van der Waals surface area contributed by atoms with Gasteiger partial charge in [0.15, 0.2) is 0 Å². The summed E-state index contributed by atoms with van der Waals surface area (Å²) in [6.45, 7) is 0. The monoisotopic (exact) mass is 341 g/mol. The molecule has 0 bridgehead atoms. The second kappa shape index (κ2) is 4.48. The predicted molar refractivity (Wildman–Crippen MR) is 59.4 cm³/mol. The van der Waals surface area contributed by atoms with Gasteiger partial charge in [-0.3, -0.25) is 0 Å². The fourth-order valence-corrected chi connectivity index (χ4v) is 1.95. The van der Waals surface area contributed by atoms with E-state index in [-0.39, 0.29) is 0 Å². The third-order valence-corrected chi connectivity index (χ3v) is 2.69. The number of para-hydroxylation sites is 1. The van der Waals surface area contributed by atoms with Gasteiger partial charge in [-0.2, -0.15) is 0 Å². The molecule has 1 aromatic carbocycles. The highest BCUT2D eigenvalue weighted by Crippen LogP contribution is 2.27. The summed E-state index contributed by atoms with van der Waals surface area (Å²) >= 11 is 10.0. The number of alkyl halides is 1. The van der Waals surface area contributed by atoms with Crippen molar-refractivity contribution in [2.45, 2.75) is 5.33 Å². The Kier molecular flexibility index (Phi) is 3.89. The average Bonchev–Trinajstić information content (AvgIpc) is 2.04. The Morgan fingerprint density at radius 2 is 1.82 bits per heavy atom. The first-order valence-corrected chi connectivity index (χ1v) is 5.55. The Bertz CT molecular complexity index is 237. The van der Waals surface area contributed by atoms with Crippen molar-refractivity contribution in [2.75, 3.05) is 2.95 Å². The molecule has 0 aromatic heterocycles.